The molecule has 15 nitrogen and oxygen atoms in total. The van der Waals surface area contributed by atoms with E-state index in [9.17, 15) is 15.3 Å². The molecular formula is C95H101BrCl5IN8O7. The maximum absolute atomic E-state index is 11.4. The molecule has 117 heavy (non-hydrogen) atoms. The number of aromatic nitrogens is 8. The number of ether oxygens (including phenoxy) is 4. The van der Waals surface area contributed by atoms with Gasteiger partial charge in [-0.3, -0.25) is 0 Å². The van der Waals surface area contributed by atoms with Crippen LogP contribution < -0.4 is 18.9 Å². The van der Waals surface area contributed by atoms with Crippen LogP contribution in [0.25, 0.3) is 111 Å². The highest BCUT2D eigenvalue weighted by molar-refractivity contribution is 14.0. The van der Waals surface area contributed by atoms with Crippen LogP contribution in [-0.2, 0) is 0 Å². The molecule has 3 N–H and O–H groups in total. The lowest BCUT2D eigenvalue weighted by Gasteiger charge is -2.18. The van der Waals surface area contributed by atoms with Crippen LogP contribution in [0.15, 0.2) is 217 Å². The second-order valence-electron chi connectivity index (χ2n) is 27.8. The van der Waals surface area contributed by atoms with E-state index in [-0.39, 0.29) is 72.2 Å². The van der Waals surface area contributed by atoms with Crippen LogP contribution >= 0.6 is 97.9 Å². The molecular weight excluding hydrogens is 1750 g/mol. The van der Waals surface area contributed by atoms with Gasteiger partial charge in [-0.1, -0.05) is 300 Å². The van der Waals surface area contributed by atoms with Crippen LogP contribution in [0.5, 0.6) is 40.2 Å². The lowest BCUT2D eigenvalue weighted by Crippen LogP contribution is -2.11. The molecule has 0 saturated heterocycles. The van der Waals surface area contributed by atoms with Crippen LogP contribution in [0.3, 0.4) is 0 Å². The summed E-state index contributed by atoms with van der Waals surface area (Å²) in [5.41, 5.74) is 8.94. The molecule has 0 aliphatic carbocycles. The highest BCUT2D eigenvalue weighted by Gasteiger charge is 2.22. The van der Waals surface area contributed by atoms with E-state index in [1.165, 1.54) is 77.6 Å². The predicted molar refractivity (Wildman–Crippen MR) is 499 cm³/mol. The molecule has 14 rings (SSSR count). The average molecular weight is 1850 g/mol. The number of phenolic OH excluding ortho intramolecular Hbond substituents is 3. The van der Waals surface area contributed by atoms with Crippen LogP contribution in [0, 0.1) is 17.8 Å². The summed E-state index contributed by atoms with van der Waals surface area (Å²) in [7, 11) is 1.72. The number of rotatable bonds is 29. The molecule has 3 atom stereocenters. The molecule has 0 fully saturated rings. The first-order valence-corrected chi connectivity index (χ1v) is 41.4. The van der Waals surface area contributed by atoms with E-state index in [4.69, 9.17) is 86.9 Å². The monoisotopic (exact) mass is 1850 g/mol. The van der Waals surface area contributed by atoms with Gasteiger partial charge < -0.3 is 34.3 Å². The van der Waals surface area contributed by atoms with Gasteiger partial charge in [0.05, 0.1) is 60.7 Å². The van der Waals surface area contributed by atoms with Crippen molar-refractivity contribution in [1.29, 1.82) is 0 Å². The van der Waals surface area contributed by atoms with E-state index in [0.717, 1.165) is 88.9 Å². The number of nitrogens with zero attached hydrogens (tertiary/aromatic N) is 8. The molecule has 22 heteroatoms. The molecule has 0 spiro atoms. The summed E-state index contributed by atoms with van der Waals surface area (Å²) >= 11 is 32.0. The van der Waals surface area contributed by atoms with Crippen molar-refractivity contribution in [3.8, 4) is 119 Å². The minimum atomic E-state index is 0. The van der Waals surface area contributed by atoms with Gasteiger partial charge in [0.25, 0.3) is 0 Å². The van der Waals surface area contributed by atoms with Crippen molar-refractivity contribution in [3.05, 3.63) is 243 Å². The van der Waals surface area contributed by atoms with Crippen molar-refractivity contribution in [3.63, 3.8) is 0 Å². The summed E-state index contributed by atoms with van der Waals surface area (Å²) in [5.74, 6) is 5.64. The number of unbranched alkanes of at least 4 members (excludes halogenated alkanes) is 3. The Bertz CT molecular complexity index is 5440. The Labute approximate surface area is 738 Å². The Balaban J connectivity index is 0.000000222. The first-order chi connectivity index (χ1) is 55.4. The fourth-order valence-corrected chi connectivity index (χ4v) is 15.1. The Kier molecular flexibility index (Phi) is 36.9. The van der Waals surface area contributed by atoms with Crippen molar-refractivity contribution in [1.82, 2.24) is 39.9 Å². The normalized spacial score (nSPS) is 11.6. The molecule has 14 aromatic rings. The fraction of sp³-hybridized carbons (Fsp3) is 0.284. The highest BCUT2D eigenvalue weighted by Crippen LogP contribution is 2.45. The van der Waals surface area contributed by atoms with Crippen molar-refractivity contribution < 1.29 is 34.3 Å². The molecule has 0 saturated carbocycles. The van der Waals surface area contributed by atoms with Gasteiger partial charge in [-0.05, 0) is 139 Å². The molecule has 3 unspecified atom stereocenters. The van der Waals surface area contributed by atoms with Gasteiger partial charge in [-0.15, -0.1) is 24.0 Å². The number of hydrogen-bond acceptors (Lipinski definition) is 15. The quantitative estimate of drug-likeness (QED) is 0.0173. The number of methoxy groups -OCH3 is 1. The summed E-state index contributed by atoms with van der Waals surface area (Å²) in [6.45, 7) is 15.1. The fourth-order valence-electron chi connectivity index (χ4n) is 13.5. The molecule has 4 heterocycles. The molecule has 612 valence electrons. The zero-order valence-electron chi connectivity index (χ0n) is 65.3. The molecule has 0 radical (unpaired) electrons. The Hall–Kier alpha value is -9.18. The third-order valence-corrected chi connectivity index (χ3v) is 21.2. The van der Waals surface area contributed by atoms with E-state index in [1.807, 2.05) is 78.9 Å². The van der Waals surface area contributed by atoms with E-state index < -0.39 is 0 Å². The molecule has 10 aromatic carbocycles. The van der Waals surface area contributed by atoms with Gasteiger partial charge in [-0.2, -0.15) is 0 Å². The van der Waals surface area contributed by atoms with Crippen LogP contribution in [0.2, 0.25) is 25.8 Å². The second kappa shape index (κ2) is 46.2. The summed E-state index contributed by atoms with van der Waals surface area (Å²) in [6.07, 6.45) is 13.9. The Morgan fingerprint density at radius 3 is 1.09 bits per heavy atom. The van der Waals surface area contributed by atoms with Gasteiger partial charge in [-0.25, -0.2) is 39.9 Å². The number of halogens is 7. The van der Waals surface area contributed by atoms with Crippen LogP contribution in [0.4, 0.5) is 0 Å². The number of phenols is 3. The maximum atomic E-state index is 11.4. The van der Waals surface area contributed by atoms with Crippen molar-refractivity contribution in [2.75, 3.05) is 26.9 Å². The van der Waals surface area contributed by atoms with E-state index in [0.29, 0.717) is 109 Å². The predicted octanol–water partition coefficient (Wildman–Crippen LogP) is 29.3. The number of hydrogen-bond donors (Lipinski definition) is 3. The zero-order chi connectivity index (χ0) is 80.6. The largest absolute Gasteiger partial charge is 0.507 e. The van der Waals surface area contributed by atoms with Gasteiger partial charge in [0.1, 0.15) is 66.0 Å². The van der Waals surface area contributed by atoms with E-state index >= 15 is 0 Å². The van der Waals surface area contributed by atoms with Crippen LogP contribution in [0.1, 0.15) is 133 Å². The number of aromatic hydroxyl groups is 3. The second-order valence-corrected chi connectivity index (χ2v) is 30.4. The molecule has 0 aliphatic rings. The summed E-state index contributed by atoms with van der Waals surface area (Å²) in [6, 6.07) is 68.1. The smallest absolute Gasteiger partial charge is 0.199 e. The van der Waals surface area contributed by atoms with Crippen molar-refractivity contribution >= 4 is 130 Å². The van der Waals surface area contributed by atoms with Gasteiger partial charge >= 0.3 is 0 Å². The summed E-state index contributed by atoms with van der Waals surface area (Å²) < 4.78 is 24.1. The van der Waals surface area contributed by atoms with Crippen molar-refractivity contribution in [2.24, 2.45) is 17.8 Å². The van der Waals surface area contributed by atoms with Crippen molar-refractivity contribution in [2.45, 2.75) is 133 Å². The lowest BCUT2D eigenvalue weighted by molar-refractivity contribution is 0.232. The van der Waals surface area contributed by atoms with Gasteiger partial charge in [0.15, 0.2) is 22.2 Å². The average Bonchev–Trinajstić information content (AvgIpc) is 0.723. The third kappa shape index (κ3) is 25.2. The first kappa shape index (κ1) is 93.3. The topological polar surface area (TPSA) is 201 Å². The van der Waals surface area contributed by atoms with E-state index in [1.54, 1.807) is 49.6 Å². The minimum Gasteiger partial charge on any atom is -0.507 e. The van der Waals surface area contributed by atoms with Crippen LogP contribution in [-0.4, -0.2) is 82.1 Å². The van der Waals surface area contributed by atoms with Gasteiger partial charge in [0, 0.05) is 58.7 Å². The third-order valence-electron chi connectivity index (χ3n) is 19.9. The molecule has 0 bridgehead atoms. The lowest BCUT2D eigenvalue weighted by atomic mass is 9.87. The molecule has 4 aromatic heterocycles. The number of benzene rings is 10. The van der Waals surface area contributed by atoms with Gasteiger partial charge in [0.2, 0.25) is 0 Å². The Morgan fingerprint density at radius 2 is 0.692 bits per heavy atom. The zero-order valence-corrected chi connectivity index (χ0v) is 73.0. The van der Waals surface area contributed by atoms with E-state index in [2.05, 4.69) is 166 Å². The summed E-state index contributed by atoms with van der Waals surface area (Å²) in [5, 5.41) is 40.7. The first-order valence-electron chi connectivity index (χ1n) is 38.7. The Morgan fingerprint density at radius 1 is 0.350 bits per heavy atom. The highest BCUT2D eigenvalue weighted by atomic mass is 127. The standard InChI is InChI=1S/C47H42N2O3.C24H27ClN2O2.C18H22Cl2N2O2.C4HBrCl2N2.2CH4.HI/c1-4-6-12-30(5-2)29-52-34-21-26-40(43(50)27-34)47-48-41(31-13-8-7-9-14-31)28-42(49-47)36-23-18-33-19-24-38-35(37-15-10-11-16-44(37)51-3)22-17-32-20-25-39(36)46(33)45(32)38;1-3-5-9-17(4-2)16-29-19-12-13-20(22(28)14-19)24-26-21(15-23(25)27-24)18-10-7-6-8-11-18;1-3-5-6-12(4-2)11-24-13-7-8-14(15(23)9-13)18-21-16(19)10-17(20)22-18;5-4-8-2(6)1-3(7)9-4;;;/h7-11,13-28,30,50H,4-6,12,29H2,1-3H3;6-8,10-15,17,28H,3-5,9,16H2,1-2H3;7-10,12,23H,3-6,11H2,1-2H3;1H;2*1H4;1H. The summed E-state index contributed by atoms with van der Waals surface area (Å²) in [4.78, 5) is 34.7. The molecule has 0 aliphatic heterocycles. The maximum Gasteiger partial charge on any atom is 0.199 e. The SMILES string of the molecule is C.C.CCCCC(CC)COc1ccc(-c2nc(-c3ccccc3)cc(-c3ccc4ccc5c(-c6ccccc6OC)ccc6ccc3c4c65)n2)c(O)c1.CCCCC(CC)COc1ccc(-c2nc(Cl)cc(-c3ccccc3)n2)c(O)c1.CCCCC(CC)COc1ccc(-c2nc(Cl)cc(Cl)n2)c(O)c1.Clc1cc(Cl)nc(Br)n1.I. The molecule has 0 amide bonds. The number of para-hydroxylation sites is 1. The minimum absolute atomic E-state index is 0.